The molecule has 0 unspecified atom stereocenters. The monoisotopic (exact) mass is 162 g/mol. The molecule has 0 aliphatic rings. The molecule has 0 heterocycles. The van der Waals surface area contributed by atoms with E-state index in [9.17, 15) is 0 Å². The Morgan fingerprint density at radius 2 is 1.90 bits per heavy atom. The van der Waals surface area contributed by atoms with E-state index in [0.29, 0.717) is 10.7 Å². The van der Waals surface area contributed by atoms with Crippen LogP contribution in [0.15, 0.2) is 15.7 Å². The lowest BCUT2D eigenvalue weighted by molar-refractivity contribution is 1.31. The van der Waals surface area contributed by atoms with Gasteiger partial charge in [-0.05, 0) is 6.92 Å². The molecule has 60 valence electrons. The molecule has 0 aliphatic carbocycles. The fourth-order valence-corrected chi connectivity index (χ4v) is 0.313. The van der Waals surface area contributed by atoms with Crippen molar-refractivity contribution in [1.82, 2.24) is 0 Å². The molecule has 0 saturated heterocycles. The van der Waals surface area contributed by atoms with Gasteiger partial charge in [0.1, 0.15) is 0 Å². The van der Waals surface area contributed by atoms with Crippen molar-refractivity contribution in [3.63, 3.8) is 0 Å². The highest BCUT2D eigenvalue weighted by atomic mass is 35.5. The van der Waals surface area contributed by atoms with E-state index < -0.39 is 0 Å². The summed E-state index contributed by atoms with van der Waals surface area (Å²) >= 11 is 5.52. The Kier molecular flexibility index (Phi) is 10.4. The number of hydrogen-bond donors (Lipinski definition) is 1. The second-order valence-electron chi connectivity index (χ2n) is 1.42. The van der Waals surface area contributed by atoms with Gasteiger partial charge in [-0.1, -0.05) is 25.4 Å². The number of nitrogens with zero attached hydrogens (tertiary/aromatic N) is 1. The molecule has 0 saturated carbocycles. The van der Waals surface area contributed by atoms with Crippen LogP contribution < -0.4 is 5.73 Å². The van der Waals surface area contributed by atoms with E-state index in [4.69, 9.17) is 17.3 Å². The summed E-state index contributed by atoms with van der Waals surface area (Å²) in [7, 11) is 1.64. The Labute approximate surface area is 67.8 Å². The predicted octanol–water partition coefficient (Wildman–Crippen LogP) is 2.14. The molecule has 0 amide bonds. The molecule has 0 fully saturated rings. The van der Waals surface area contributed by atoms with Crippen molar-refractivity contribution in [3.8, 4) is 0 Å². The van der Waals surface area contributed by atoms with Crippen molar-refractivity contribution in [2.75, 3.05) is 7.05 Å². The van der Waals surface area contributed by atoms with Crippen molar-refractivity contribution in [3.05, 3.63) is 10.7 Å². The standard InChI is InChI=1S/C5H9ClN2.C2H6/c1-4(7)5(6)3-8-2;1-2/h3H,7H2,1-2H3;1-2H3/b5-4+,8-3?;. The minimum atomic E-state index is 0.507. The third kappa shape index (κ3) is 7.50. The number of allylic oxidation sites excluding steroid dienone is 2. The average Bonchev–Trinajstić information content (AvgIpc) is 1.93. The molecule has 0 aromatic carbocycles. The third-order valence-electron chi connectivity index (χ3n) is 0.619. The summed E-state index contributed by atoms with van der Waals surface area (Å²) in [6.45, 7) is 5.73. The van der Waals surface area contributed by atoms with Crippen molar-refractivity contribution >= 4 is 17.8 Å². The SMILES string of the molecule is CC.CN=C/C(Cl)=C(/C)N. The molecule has 0 atom stereocenters. The Morgan fingerprint density at radius 1 is 1.50 bits per heavy atom. The van der Waals surface area contributed by atoms with Crippen molar-refractivity contribution in [1.29, 1.82) is 0 Å². The molecule has 0 bridgehead atoms. The van der Waals surface area contributed by atoms with Gasteiger partial charge in [0.15, 0.2) is 0 Å². The molecule has 0 aromatic heterocycles. The van der Waals surface area contributed by atoms with Gasteiger partial charge in [0.2, 0.25) is 0 Å². The molecule has 2 N–H and O–H groups in total. The first kappa shape index (κ1) is 12.2. The minimum absolute atomic E-state index is 0.507. The first-order chi connectivity index (χ1) is 4.68. The van der Waals surface area contributed by atoms with Crippen molar-refractivity contribution in [2.45, 2.75) is 20.8 Å². The second-order valence-corrected chi connectivity index (χ2v) is 1.83. The van der Waals surface area contributed by atoms with Crippen LogP contribution in [0.1, 0.15) is 20.8 Å². The lowest BCUT2D eigenvalue weighted by atomic mass is 10.5. The highest BCUT2D eigenvalue weighted by molar-refractivity contribution is 6.39. The van der Waals surface area contributed by atoms with Crippen LogP contribution in [-0.2, 0) is 0 Å². The first-order valence-corrected chi connectivity index (χ1v) is 3.60. The van der Waals surface area contributed by atoms with E-state index in [0.717, 1.165) is 0 Å². The van der Waals surface area contributed by atoms with Gasteiger partial charge in [0.05, 0.1) is 5.03 Å². The van der Waals surface area contributed by atoms with Crippen LogP contribution in [0.2, 0.25) is 0 Å². The van der Waals surface area contributed by atoms with E-state index in [1.807, 2.05) is 13.8 Å². The molecule has 0 aromatic rings. The van der Waals surface area contributed by atoms with E-state index in [1.54, 1.807) is 14.0 Å². The number of hydrogen-bond acceptors (Lipinski definition) is 2. The zero-order valence-corrected chi connectivity index (χ0v) is 7.74. The minimum Gasteiger partial charge on any atom is -0.401 e. The Morgan fingerprint density at radius 3 is 2.00 bits per heavy atom. The van der Waals surface area contributed by atoms with Gasteiger partial charge in [-0.25, -0.2) is 0 Å². The van der Waals surface area contributed by atoms with E-state index in [1.165, 1.54) is 6.21 Å². The molecule has 0 radical (unpaired) electrons. The Hall–Kier alpha value is -0.500. The maximum atomic E-state index is 5.52. The molecule has 3 heteroatoms. The Balaban J connectivity index is 0. The summed E-state index contributed by atoms with van der Waals surface area (Å²) in [5.74, 6) is 0. The zero-order chi connectivity index (χ0) is 8.57. The molecule has 0 rings (SSSR count). The number of nitrogens with two attached hydrogens (primary N) is 1. The molecular formula is C7H15ClN2. The van der Waals surface area contributed by atoms with Gasteiger partial charge in [-0.2, -0.15) is 0 Å². The summed E-state index contributed by atoms with van der Waals surface area (Å²) in [6, 6.07) is 0. The van der Waals surface area contributed by atoms with Crippen LogP contribution in [0.4, 0.5) is 0 Å². The highest BCUT2D eigenvalue weighted by Crippen LogP contribution is 1.99. The van der Waals surface area contributed by atoms with E-state index >= 15 is 0 Å². The number of halogens is 1. The van der Waals surface area contributed by atoms with Gasteiger partial charge >= 0.3 is 0 Å². The van der Waals surface area contributed by atoms with Crippen LogP contribution in [0.5, 0.6) is 0 Å². The second kappa shape index (κ2) is 8.50. The summed E-state index contributed by atoms with van der Waals surface area (Å²) in [4.78, 5) is 3.66. The van der Waals surface area contributed by atoms with Crippen LogP contribution in [0.25, 0.3) is 0 Å². The Bertz CT molecular complexity index is 124. The quantitative estimate of drug-likeness (QED) is 0.590. The normalized spacial score (nSPS) is 12.1. The largest absolute Gasteiger partial charge is 0.401 e. The summed E-state index contributed by atoms with van der Waals surface area (Å²) in [5, 5.41) is 0.507. The van der Waals surface area contributed by atoms with Gasteiger partial charge in [-0.3, -0.25) is 4.99 Å². The van der Waals surface area contributed by atoms with Crippen molar-refractivity contribution in [2.24, 2.45) is 10.7 Å². The van der Waals surface area contributed by atoms with Gasteiger partial charge in [0.25, 0.3) is 0 Å². The van der Waals surface area contributed by atoms with Crippen molar-refractivity contribution < 1.29 is 0 Å². The first-order valence-electron chi connectivity index (χ1n) is 3.22. The molecular weight excluding hydrogens is 148 g/mol. The fraction of sp³-hybridized carbons (Fsp3) is 0.571. The maximum absolute atomic E-state index is 5.52. The van der Waals surface area contributed by atoms with Crippen LogP contribution in [0, 0.1) is 0 Å². The maximum Gasteiger partial charge on any atom is 0.0768 e. The molecule has 2 nitrogen and oxygen atoms in total. The van der Waals surface area contributed by atoms with Gasteiger partial charge in [-0.15, -0.1) is 0 Å². The van der Waals surface area contributed by atoms with Gasteiger partial charge < -0.3 is 5.73 Å². The fourth-order valence-electron chi connectivity index (χ4n) is 0.215. The predicted molar refractivity (Wildman–Crippen MR) is 48.5 cm³/mol. The lowest BCUT2D eigenvalue weighted by Gasteiger charge is -1.88. The van der Waals surface area contributed by atoms with Crippen LogP contribution >= 0.6 is 11.6 Å². The summed E-state index contributed by atoms with van der Waals surface area (Å²) in [5.41, 5.74) is 5.87. The number of aliphatic imine (C=N–C) groups is 1. The highest BCUT2D eigenvalue weighted by Gasteiger charge is 1.85. The smallest absolute Gasteiger partial charge is 0.0768 e. The number of rotatable bonds is 1. The molecule has 0 spiro atoms. The van der Waals surface area contributed by atoms with Gasteiger partial charge in [0, 0.05) is 19.0 Å². The lowest BCUT2D eigenvalue weighted by Crippen LogP contribution is -1.94. The summed E-state index contributed by atoms with van der Waals surface area (Å²) < 4.78 is 0. The average molecular weight is 163 g/mol. The van der Waals surface area contributed by atoms with E-state index in [-0.39, 0.29) is 0 Å². The van der Waals surface area contributed by atoms with E-state index in [2.05, 4.69) is 4.99 Å². The molecule has 10 heavy (non-hydrogen) atoms. The van der Waals surface area contributed by atoms with Crippen LogP contribution in [-0.4, -0.2) is 13.3 Å². The third-order valence-corrected chi connectivity index (χ3v) is 1.01. The topological polar surface area (TPSA) is 38.4 Å². The van der Waals surface area contributed by atoms with Crippen LogP contribution in [0.3, 0.4) is 0 Å². The zero-order valence-electron chi connectivity index (χ0n) is 6.98. The summed E-state index contributed by atoms with van der Waals surface area (Å²) in [6.07, 6.45) is 1.51. The molecule has 0 aliphatic heterocycles.